The van der Waals surface area contributed by atoms with Gasteiger partial charge in [0.25, 0.3) is 0 Å². The highest BCUT2D eigenvalue weighted by Gasteiger charge is 2.08. The predicted octanol–water partition coefficient (Wildman–Crippen LogP) is 4.15. The Kier molecular flexibility index (Phi) is 5.43. The van der Waals surface area contributed by atoms with E-state index in [9.17, 15) is 9.18 Å². The van der Waals surface area contributed by atoms with Crippen LogP contribution in [0.1, 0.15) is 5.56 Å². The Labute approximate surface area is 150 Å². The molecule has 0 unspecified atom stereocenters. The van der Waals surface area contributed by atoms with Gasteiger partial charge in [-0.1, -0.05) is 30.3 Å². The molecule has 0 radical (unpaired) electrons. The van der Waals surface area contributed by atoms with Crippen molar-refractivity contribution in [3.8, 4) is 5.75 Å². The highest BCUT2D eigenvalue weighted by Crippen LogP contribution is 2.26. The topological polar surface area (TPSA) is 63.2 Å². The van der Waals surface area contributed by atoms with Gasteiger partial charge in [0.15, 0.2) is 0 Å². The monoisotopic (exact) mass is 351 g/mol. The van der Waals surface area contributed by atoms with Crippen molar-refractivity contribution in [2.24, 2.45) is 0 Å². The first kappa shape index (κ1) is 17.4. The number of hydrogen-bond donors (Lipinski definition) is 2. The molecule has 0 aliphatic heterocycles. The van der Waals surface area contributed by atoms with Crippen LogP contribution in [0.5, 0.6) is 5.75 Å². The number of ether oxygens (including phenoxy) is 1. The second-order valence-electron chi connectivity index (χ2n) is 5.57. The molecule has 26 heavy (non-hydrogen) atoms. The van der Waals surface area contributed by atoms with E-state index < -0.39 is 5.82 Å². The maximum absolute atomic E-state index is 13.6. The Morgan fingerprint density at radius 2 is 1.85 bits per heavy atom. The van der Waals surface area contributed by atoms with Gasteiger partial charge in [0.05, 0.1) is 31.1 Å². The van der Waals surface area contributed by atoms with Crippen LogP contribution in [0, 0.1) is 5.82 Å². The molecule has 0 saturated carbocycles. The van der Waals surface area contributed by atoms with Gasteiger partial charge in [0.1, 0.15) is 17.4 Å². The molecule has 6 heteroatoms. The van der Waals surface area contributed by atoms with E-state index in [1.807, 2.05) is 24.3 Å². The lowest BCUT2D eigenvalue weighted by Crippen LogP contribution is -2.15. The first-order chi connectivity index (χ1) is 12.7. The molecule has 1 aromatic heterocycles. The van der Waals surface area contributed by atoms with E-state index in [4.69, 9.17) is 4.74 Å². The molecular formula is C20H18FN3O2. The van der Waals surface area contributed by atoms with Crippen LogP contribution in [-0.2, 0) is 11.2 Å². The number of rotatable bonds is 6. The summed E-state index contributed by atoms with van der Waals surface area (Å²) in [5, 5.41) is 5.86. The second-order valence-corrected chi connectivity index (χ2v) is 5.57. The van der Waals surface area contributed by atoms with Crippen molar-refractivity contribution in [3.63, 3.8) is 0 Å². The number of benzene rings is 2. The number of hydrogen-bond acceptors (Lipinski definition) is 4. The molecule has 1 amide bonds. The van der Waals surface area contributed by atoms with Gasteiger partial charge in [-0.3, -0.25) is 4.79 Å². The lowest BCUT2D eigenvalue weighted by molar-refractivity contribution is -0.115. The van der Waals surface area contributed by atoms with E-state index in [0.717, 1.165) is 5.69 Å². The number of para-hydroxylation sites is 2. The Balaban J connectivity index is 1.62. The number of pyridine rings is 1. The van der Waals surface area contributed by atoms with Crippen LogP contribution < -0.4 is 15.4 Å². The van der Waals surface area contributed by atoms with Gasteiger partial charge in [0.2, 0.25) is 5.91 Å². The number of nitrogens with one attached hydrogen (secondary N) is 2. The van der Waals surface area contributed by atoms with Crippen LogP contribution in [-0.4, -0.2) is 18.0 Å². The van der Waals surface area contributed by atoms with Crippen LogP contribution in [0.15, 0.2) is 66.9 Å². The molecule has 132 valence electrons. The molecule has 0 bridgehead atoms. The number of nitrogens with zero attached hydrogens (tertiary/aromatic N) is 1. The lowest BCUT2D eigenvalue weighted by atomic mass is 10.1. The molecule has 0 fully saturated rings. The van der Waals surface area contributed by atoms with Crippen molar-refractivity contribution in [1.29, 1.82) is 0 Å². The molecule has 3 aromatic rings. The van der Waals surface area contributed by atoms with Crippen LogP contribution in [0.2, 0.25) is 0 Å². The molecule has 0 aliphatic rings. The van der Waals surface area contributed by atoms with Gasteiger partial charge in [-0.05, 0) is 35.9 Å². The average molecular weight is 351 g/mol. The number of aromatic nitrogens is 1. The zero-order chi connectivity index (χ0) is 18.4. The first-order valence-corrected chi connectivity index (χ1v) is 8.05. The van der Waals surface area contributed by atoms with Crippen molar-refractivity contribution in [2.75, 3.05) is 17.7 Å². The van der Waals surface area contributed by atoms with Crippen LogP contribution in [0.25, 0.3) is 0 Å². The Morgan fingerprint density at radius 1 is 1.08 bits per heavy atom. The van der Waals surface area contributed by atoms with E-state index in [1.54, 1.807) is 37.4 Å². The first-order valence-electron chi connectivity index (χ1n) is 8.05. The summed E-state index contributed by atoms with van der Waals surface area (Å²) >= 11 is 0. The number of methoxy groups -OCH3 is 1. The number of halogens is 1. The fourth-order valence-corrected chi connectivity index (χ4v) is 2.45. The summed E-state index contributed by atoms with van der Waals surface area (Å²) in [4.78, 5) is 16.3. The molecule has 0 saturated heterocycles. The lowest BCUT2D eigenvalue weighted by Gasteiger charge is -2.11. The van der Waals surface area contributed by atoms with Crippen LogP contribution in [0.3, 0.4) is 0 Å². The third-order valence-electron chi connectivity index (χ3n) is 3.73. The van der Waals surface area contributed by atoms with Gasteiger partial charge in [-0.25, -0.2) is 9.37 Å². The van der Waals surface area contributed by atoms with Crippen molar-refractivity contribution >= 4 is 23.1 Å². The third-order valence-corrected chi connectivity index (χ3v) is 3.73. The van der Waals surface area contributed by atoms with E-state index in [-0.39, 0.29) is 12.3 Å². The summed E-state index contributed by atoms with van der Waals surface area (Å²) in [6.45, 7) is 0. The van der Waals surface area contributed by atoms with Crippen molar-refractivity contribution < 1.29 is 13.9 Å². The quantitative estimate of drug-likeness (QED) is 0.700. The predicted molar refractivity (Wildman–Crippen MR) is 99.2 cm³/mol. The third kappa shape index (κ3) is 4.36. The molecular weight excluding hydrogens is 333 g/mol. The summed E-state index contributed by atoms with van der Waals surface area (Å²) in [7, 11) is 1.60. The van der Waals surface area contributed by atoms with Gasteiger partial charge in [0, 0.05) is 0 Å². The Hall–Kier alpha value is -3.41. The smallest absolute Gasteiger partial charge is 0.228 e. The maximum Gasteiger partial charge on any atom is 0.228 e. The Morgan fingerprint density at radius 3 is 2.58 bits per heavy atom. The van der Waals surface area contributed by atoms with E-state index in [1.165, 1.54) is 12.3 Å². The summed E-state index contributed by atoms with van der Waals surface area (Å²) in [6, 6.07) is 17.2. The highest BCUT2D eigenvalue weighted by molar-refractivity contribution is 5.92. The maximum atomic E-state index is 13.6. The molecule has 1 heterocycles. The number of carbonyl (C=O) groups excluding carboxylic acids is 1. The minimum absolute atomic E-state index is 0.0338. The van der Waals surface area contributed by atoms with Gasteiger partial charge in [-0.2, -0.15) is 0 Å². The highest BCUT2D eigenvalue weighted by atomic mass is 19.1. The molecule has 5 nitrogen and oxygen atoms in total. The summed E-state index contributed by atoms with van der Waals surface area (Å²) < 4.78 is 18.9. The van der Waals surface area contributed by atoms with E-state index >= 15 is 0 Å². The minimum Gasteiger partial charge on any atom is -0.495 e. The molecule has 2 aromatic carbocycles. The van der Waals surface area contributed by atoms with Crippen molar-refractivity contribution in [3.05, 3.63) is 78.2 Å². The Bertz CT molecular complexity index is 898. The van der Waals surface area contributed by atoms with Gasteiger partial charge in [-0.15, -0.1) is 0 Å². The van der Waals surface area contributed by atoms with Gasteiger partial charge >= 0.3 is 0 Å². The molecule has 0 atom stereocenters. The van der Waals surface area contributed by atoms with Gasteiger partial charge < -0.3 is 15.4 Å². The van der Waals surface area contributed by atoms with Crippen molar-refractivity contribution in [2.45, 2.75) is 6.42 Å². The van der Waals surface area contributed by atoms with E-state index in [2.05, 4.69) is 15.6 Å². The normalized spacial score (nSPS) is 10.2. The molecule has 0 aliphatic carbocycles. The van der Waals surface area contributed by atoms with Crippen LogP contribution in [0.4, 0.5) is 21.6 Å². The number of carbonyl (C=O) groups is 1. The molecule has 0 spiro atoms. The average Bonchev–Trinajstić information content (AvgIpc) is 2.66. The summed E-state index contributed by atoms with van der Waals surface area (Å²) in [5.74, 6) is 0.623. The second kappa shape index (κ2) is 8.11. The molecule has 2 N–H and O–H groups in total. The molecule has 3 rings (SSSR count). The van der Waals surface area contributed by atoms with Crippen LogP contribution >= 0.6 is 0 Å². The summed E-state index contributed by atoms with van der Waals surface area (Å²) in [5.41, 5.74) is 1.68. The summed E-state index contributed by atoms with van der Waals surface area (Å²) in [6.07, 6.45) is 1.50. The van der Waals surface area contributed by atoms with Crippen molar-refractivity contribution in [1.82, 2.24) is 4.98 Å². The minimum atomic E-state index is -0.392. The zero-order valence-corrected chi connectivity index (χ0v) is 14.2. The van der Waals surface area contributed by atoms with E-state index in [0.29, 0.717) is 22.8 Å². The SMILES string of the molecule is COc1ccccc1Nc1ccc(NC(=O)Cc2ccccc2F)cn1. The fraction of sp³-hybridized carbons (Fsp3) is 0.100. The zero-order valence-electron chi connectivity index (χ0n) is 14.2. The number of amides is 1. The largest absolute Gasteiger partial charge is 0.495 e. The standard InChI is InChI=1S/C20H18FN3O2/c1-26-18-9-5-4-8-17(18)24-19-11-10-15(13-22-19)23-20(25)12-14-6-2-3-7-16(14)21/h2-11,13H,12H2,1H3,(H,22,24)(H,23,25). The fourth-order valence-electron chi connectivity index (χ4n) is 2.45. The number of anilines is 3.